The highest BCUT2D eigenvalue weighted by Crippen LogP contribution is 2.24. The maximum Gasteiger partial charge on any atom is 0.323 e. The molecular weight excluding hydrogens is 402 g/mol. The molecule has 0 aromatic heterocycles. The van der Waals surface area contributed by atoms with Crippen molar-refractivity contribution in [2.75, 3.05) is 11.4 Å². The Labute approximate surface area is 170 Å². The minimum atomic E-state index is -1.13. The zero-order valence-corrected chi connectivity index (χ0v) is 16.1. The van der Waals surface area contributed by atoms with Gasteiger partial charge in [0, 0.05) is 16.3 Å². The highest BCUT2D eigenvalue weighted by atomic mass is 35.5. The van der Waals surface area contributed by atoms with E-state index in [1.165, 1.54) is 16.7 Å². The number of nitrogens with two attached hydrogens (primary N) is 1. The number of halogens is 1. The van der Waals surface area contributed by atoms with E-state index in [1.807, 2.05) is 0 Å². The summed E-state index contributed by atoms with van der Waals surface area (Å²) in [5.41, 5.74) is 7.17. The van der Waals surface area contributed by atoms with E-state index in [4.69, 9.17) is 17.3 Å². The third-order valence-electron chi connectivity index (χ3n) is 4.06. The molecule has 1 unspecified atom stereocenters. The third kappa shape index (κ3) is 4.71. The molecule has 0 saturated heterocycles. The number of thioether (sulfide) groups is 1. The molecule has 2 amide bonds. The molecule has 0 bridgehead atoms. The highest BCUT2D eigenvalue weighted by Gasteiger charge is 2.27. The number of carboxylic acids is 1. The number of anilines is 1. The smallest absolute Gasteiger partial charge is 0.323 e. The van der Waals surface area contributed by atoms with E-state index in [9.17, 15) is 19.5 Å². The van der Waals surface area contributed by atoms with E-state index < -0.39 is 18.4 Å². The fourth-order valence-electron chi connectivity index (χ4n) is 2.72. The van der Waals surface area contributed by atoms with Crippen molar-refractivity contribution in [1.82, 2.24) is 0 Å². The molecule has 2 aromatic carbocycles. The summed E-state index contributed by atoms with van der Waals surface area (Å²) < 4.78 is 0. The molecule has 7 nitrogen and oxygen atoms in total. The minimum absolute atomic E-state index is 0.258. The minimum Gasteiger partial charge on any atom is -0.480 e. The summed E-state index contributed by atoms with van der Waals surface area (Å²) >= 11 is 7.08. The van der Waals surface area contributed by atoms with Gasteiger partial charge < -0.3 is 10.8 Å². The zero-order valence-electron chi connectivity index (χ0n) is 14.5. The van der Waals surface area contributed by atoms with E-state index in [2.05, 4.69) is 4.99 Å². The SMILES string of the molecule is NC1=NC(=O)C(Cc2ccc(C(=O)N(CC(=O)O)c3ccc(Cl)cc3)cc2)S1. The standard InChI is InChI=1S/C19H16ClN3O4S/c20-13-5-7-14(8-6-13)23(10-16(24)25)18(27)12-3-1-11(2-4-12)9-15-17(26)22-19(21)28-15/h1-8,15H,9-10H2,(H,24,25)(H2,21,22,26). The lowest BCUT2D eigenvalue weighted by molar-refractivity contribution is -0.135. The summed E-state index contributed by atoms with van der Waals surface area (Å²) in [5.74, 6) is -1.84. The summed E-state index contributed by atoms with van der Waals surface area (Å²) in [7, 11) is 0. The number of nitrogens with zero attached hydrogens (tertiary/aromatic N) is 2. The number of carboxylic acid groups (broad SMARTS) is 1. The van der Waals surface area contributed by atoms with Crippen LogP contribution in [-0.4, -0.2) is 39.9 Å². The van der Waals surface area contributed by atoms with E-state index in [1.54, 1.807) is 48.5 Å². The van der Waals surface area contributed by atoms with Crippen molar-refractivity contribution in [3.63, 3.8) is 0 Å². The number of amides is 2. The first-order chi connectivity index (χ1) is 13.3. The number of aliphatic imine (C=N–C) groups is 1. The maximum absolute atomic E-state index is 12.9. The summed E-state index contributed by atoms with van der Waals surface area (Å²) in [6, 6.07) is 13.0. The molecule has 0 fully saturated rings. The molecule has 144 valence electrons. The average molecular weight is 418 g/mol. The van der Waals surface area contributed by atoms with Crippen LogP contribution in [0.3, 0.4) is 0 Å². The second-order valence-corrected chi connectivity index (χ2v) is 7.72. The first-order valence-corrected chi connectivity index (χ1v) is 9.52. The topological polar surface area (TPSA) is 113 Å². The Bertz CT molecular complexity index is 945. The van der Waals surface area contributed by atoms with Crippen LogP contribution in [0.15, 0.2) is 53.5 Å². The van der Waals surface area contributed by atoms with Crippen LogP contribution in [0.2, 0.25) is 5.02 Å². The molecule has 28 heavy (non-hydrogen) atoms. The highest BCUT2D eigenvalue weighted by molar-refractivity contribution is 8.15. The molecule has 1 heterocycles. The van der Waals surface area contributed by atoms with Crippen molar-refractivity contribution in [3.8, 4) is 0 Å². The van der Waals surface area contributed by atoms with Crippen molar-refractivity contribution in [1.29, 1.82) is 0 Å². The van der Waals surface area contributed by atoms with Crippen LogP contribution in [0.25, 0.3) is 0 Å². The van der Waals surface area contributed by atoms with Gasteiger partial charge in [0.15, 0.2) is 5.17 Å². The Morgan fingerprint density at radius 1 is 1.14 bits per heavy atom. The number of benzene rings is 2. The molecule has 1 aliphatic rings. The molecule has 3 rings (SSSR count). The summed E-state index contributed by atoms with van der Waals surface area (Å²) in [4.78, 5) is 40.7. The van der Waals surface area contributed by atoms with Crippen LogP contribution in [0.5, 0.6) is 0 Å². The number of rotatable bonds is 6. The molecule has 2 aromatic rings. The van der Waals surface area contributed by atoms with Gasteiger partial charge in [-0.25, -0.2) is 0 Å². The first kappa shape index (κ1) is 19.9. The molecule has 1 atom stereocenters. The predicted octanol–water partition coefficient (Wildman–Crippen LogP) is 2.57. The van der Waals surface area contributed by atoms with Crippen molar-refractivity contribution in [2.45, 2.75) is 11.7 Å². The molecule has 0 aliphatic carbocycles. The predicted molar refractivity (Wildman–Crippen MR) is 109 cm³/mol. The van der Waals surface area contributed by atoms with Crippen LogP contribution >= 0.6 is 23.4 Å². The van der Waals surface area contributed by atoms with Crippen LogP contribution in [0, 0.1) is 0 Å². The van der Waals surface area contributed by atoms with Crippen molar-refractivity contribution in [2.24, 2.45) is 10.7 Å². The van der Waals surface area contributed by atoms with Gasteiger partial charge in [0.25, 0.3) is 11.8 Å². The van der Waals surface area contributed by atoms with Gasteiger partial charge in [0.05, 0.1) is 5.25 Å². The summed E-state index contributed by atoms with van der Waals surface area (Å²) in [6.07, 6.45) is 0.443. The van der Waals surface area contributed by atoms with Gasteiger partial charge >= 0.3 is 5.97 Å². The van der Waals surface area contributed by atoms with Gasteiger partial charge in [-0.1, -0.05) is 35.5 Å². The van der Waals surface area contributed by atoms with E-state index in [0.717, 1.165) is 5.56 Å². The van der Waals surface area contributed by atoms with Gasteiger partial charge in [-0.15, -0.1) is 0 Å². The summed E-state index contributed by atoms with van der Waals surface area (Å²) in [6.45, 7) is -0.480. The molecule has 3 N–H and O–H groups in total. The van der Waals surface area contributed by atoms with Gasteiger partial charge in [-0.2, -0.15) is 4.99 Å². The van der Waals surface area contributed by atoms with Crippen LogP contribution < -0.4 is 10.6 Å². The fraction of sp³-hybridized carbons (Fsp3) is 0.158. The third-order valence-corrected chi connectivity index (χ3v) is 5.30. The monoisotopic (exact) mass is 417 g/mol. The van der Waals surface area contributed by atoms with E-state index in [-0.39, 0.29) is 16.3 Å². The zero-order chi connectivity index (χ0) is 20.3. The largest absolute Gasteiger partial charge is 0.480 e. The molecule has 0 spiro atoms. The lowest BCUT2D eigenvalue weighted by atomic mass is 10.1. The Morgan fingerprint density at radius 2 is 1.79 bits per heavy atom. The fourth-order valence-corrected chi connectivity index (χ4v) is 3.71. The number of aliphatic carboxylic acids is 1. The van der Waals surface area contributed by atoms with Crippen molar-refractivity contribution in [3.05, 3.63) is 64.7 Å². The van der Waals surface area contributed by atoms with Crippen LogP contribution in [0.4, 0.5) is 5.69 Å². The average Bonchev–Trinajstić information content (AvgIpc) is 2.97. The van der Waals surface area contributed by atoms with Gasteiger partial charge in [0.1, 0.15) is 6.54 Å². The lowest BCUT2D eigenvalue weighted by Crippen LogP contribution is -2.35. The Morgan fingerprint density at radius 3 is 2.32 bits per heavy atom. The molecular formula is C19H16ClN3O4S. The number of carbonyl (C=O) groups is 3. The second kappa shape index (κ2) is 8.45. The number of amidine groups is 1. The Hall–Kier alpha value is -2.84. The number of carbonyl (C=O) groups excluding carboxylic acids is 2. The molecule has 1 aliphatic heterocycles. The molecule has 0 radical (unpaired) electrons. The van der Waals surface area contributed by atoms with E-state index >= 15 is 0 Å². The van der Waals surface area contributed by atoms with Crippen molar-refractivity contribution < 1.29 is 19.5 Å². The van der Waals surface area contributed by atoms with Crippen molar-refractivity contribution >= 4 is 52.0 Å². The van der Waals surface area contributed by atoms with Crippen LogP contribution in [0.1, 0.15) is 15.9 Å². The number of hydrogen-bond acceptors (Lipinski definition) is 5. The van der Waals surface area contributed by atoms with Crippen LogP contribution in [-0.2, 0) is 16.0 Å². The normalized spacial score (nSPS) is 16.0. The maximum atomic E-state index is 12.9. The van der Waals surface area contributed by atoms with Gasteiger partial charge in [-0.05, 0) is 48.4 Å². The Balaban J connectivity index is 1.76. The molecule has 9 heteroatoms. The second-order valence-electron chi connectivity index (χ2n) is 6.06. The Kier molecular flexibility index (Phi) is 6.01. The van der Waals surface area contributed by atoms with Gasteiger partial charge in [-0.3, -0.25) is 19.3 Å². The quantitative estimate of drug-likeness (QED) is 0.746. The molecule has 0 saturated carbocycles. The summed E-state index contributed by atoms with van der Waals surface area (Å²) in [5, 5.41) is 9.55. The van der Waals surface area contributed by atoms with Gasteiger partial charge in [0.2, 0.25) is 0 Å². The van der Waals surface area contributed by atoms with E-state index in [0.29, 0.717) is 22.7 Å². The lowest BCUT2D eigenvalue weighted by Gasteiger charge is -2.21. The first-order valence-electron chi connectivity index (χ1n) is 8.26. The number of hydrogen-bond donors (Lipinski definition) is 2.